The van der Waals surface area contributed by atoms with Crippen LogP contribution in [0, 0.1) is 5.92 Å². The Morgan fingerprint density at radius 2 is 2.07 bits per heavy atom. The van der Waals surface area contributed by atoms with Crippen LogP contribution in [0.1, 0.15) is 25.2 Å². The monoisotopic (exact) mass is 199 g/mol. The Morgan fingerprint density at radius 3 is 2.57 bits per heavy atom. The summed E-state index contributed by atoms with van der Waals surface area (Å²) in [5, 5.41) is 25.6. The van der Waals surface area contributed by atoms with E-state index in [9.17, 15) is 0 Å². The molecule has 0 atom stereocenters. The van der Waals surface area contributed by atoms with Gasteiger partial charge in [0.05, 0.1) is 25.5 Å². The van der Waals surface area contributed by atoms with E-state index in [0.717, 1.165) is 12.1 Å². The van der Waals surface area contributed by atoms with Gasteiger partial charge in [-0.05, 0) is 12.3 Å². The van der Waals surface area contributed by atoms with Crippen LogP contribution in [0.2, 0.25) is 0 Å². The summed E-state index contributed by atoms with van der Waals surface area (Å²) in [6, 6.07) is 0. The van der Waals surface area contributed by atoms with Crippen LogP contribution in [0.15, 0.2) is 0 Å². The Balaban J connectivity index is 2.87. The van der Waals surface area contributed by atoms with E-state index in [0.29, 0.717) is 18.2 Å². The van der Waals surface area contributed by atoms with E-state index >= 15 is 0 Å². The number of hydrogen-bond acceptors (Lipinski definition) is 4. The Labute approximate surface area is 83.4 Å². The molecule has 80 valence electrons. The lowest BCUT2D eigenvalue weighted by molar-refractivity contribution is 0.263. The smallest absolute Gasteiger partial charge is 0.111 e. The summed E-state index contributed by atoms with van der Waals surface area (Å²) in [6.45, 7) is 4.58. The molecule has 0 saturated carbocycles. The molecule has 0 fully saturated rings. The standard InChI is InChI=1S/C9H17N3O2/c1-7(2)5-9-8(6-14)10-11-12(9)3-4-13/h7,13-14H,3-6H2,1-2H3. The SMILES string of the molecule is CC(C)Cc1c(CO)nnn1CCO. The van der Waals surface area contributed by atoms with Crippen LogP contribution in [0.4, 0.5) is 0 Å². The molecule has 0 bridgehead atoms. The van der Waals surface area contributed by atoms with Gasteiger partial charge in [-0.25, -0.2) is 4.68 Å². The predicted molar refractivity (Wildman–Crippen MR) is 51.6 cm³/mol. The zero-order chi connectivity index (χ0) is 10.6. The van der Waals surface area contributed by atoms with Gasteiger partial charge in [0.2, 0.25) is 0 Å². The largest absolute Gasteiger partial charge is 0.394 e. The fraction of sp³-hybridized carbons (Fsp3) is 0.778. The summed E-state index contributed by atoms with van der Waals surface area (Å²) >= 11 is 0. The van der Waals surface area contributed by atoms with E-state index in [-0.39, 0.29) is 13.2 Å². The lowest BCUT2D eigenvalue weighted by Gasteiger charge is -2.08. The third-order valence-corrected chi connectivity index (χ3v) is 1.98. The van der Waals surface area contributed by atoms with E-state index < -0.39 is 0 Å². The van der Waals surface area contributed by atoms with E-state index in [1.165, 1.54) is 0 Å². The van der Waals surface area contributed by atoms with Gasteiger partial charge in [-0.15, -0.1) is 5.10 Å². The molecule has 0 aliphatic rings. The molecule has 14 heavy (non-hydrogen) atoms. The van der Waals surface area contributed by atoms with Crippen molar-refractivity contribution in [2.45, 2.75) is 33.4 Å². The maximum atomic E-state index is 9.03. The first-order valence-corrected chi connectivity index (χ1v) is 4.82. The normalized spacial score (nSPS) is 11.2. The topological polar surface area (TPSA) is 71.2 Å². The van der Waals surface area contributed by atoms with Gasteiger partial charge in [-0.3, -0.25) is 0 Å². The number of aliphatic hydroxyl groups is 2. The number of hydrogen-bond donors (Lipinski definition) is 2. The number of aromatic nitrogens is 3. The van der Waals surface area contributed by atoms with Gasteiger partial charge in [0.25, 0.3) is 0 Å². The van der Waals surface area contributed by atoms with Crippen molar-refractivity contribution in [2.75, 3.05) is 6.61 Å². The molecule has 0 amide bonds. The molecular weight excluding hydrogens is 182 g/mol. The molecule has 0 aliphatic heterocycles. The Hall–Kier alpha value is -0.940. The molecule has 5 nitrogen and oxygen atoms in total. The molecular formula is C9H17N3O2. The van der Waals surface area contributed by atoms with Gasteiger partial charge in [-0.1, -0.05) is 19.1 Å². The molecule has 2 N–H and O–H groups in total. The maximum absolute atomic E-state index is 9.03. The van der Waals surface area contributed by atoms with Gasteiger partial charge >= 0.3 is 0 Å². The fourth-order valence-electron chi connectivity index (χ4n) is 1.38. The molecule has 0 spiro atoms. The van der Waals surface area contributed by atoms with E-state index in [4.69, 9.17) is 10.2 Å². The van der Waals surface area contributed by atoms with E-state index in [1.807, 2.05) is 0 Å². The minimum atomic E-state index is -0.0898. The minimum Gasteiger partial charge on any atom is -0.394 e. The molecule has 0 radical (unpaired) electrons. The van der Waals surface area contributed by atoms with Crippen molar-refractivity contribution in [3.8, 4) is 0 Å². The van der Waals surface area contributed by atoms with Gasteiger partial charge in [0.15, 0.2) is 0 Å². The van der Waals surface area contributed by atoms with Crippen LogP contribution in [0.5, 0.6) is 0 Å². The molecule has 0 aromatic carbocycles. The molecule has 0 unspecified atom stereocenters. The van der Waals surface area contributed by atoms with Crippen molar-refractivity contribution in [2.24, 2.45) is 5.92 Å². The van der Waals surface area contributed by atoms with Crippen LogP contribution >= 0.6 is 0 Å². The second-order valence-electron chi connectivity index (χ2n) is 3.69. The van der Waals surface area contributed by atoms with Crippen molar-refractivity contribution >= 4 is 0 Å². The van der Waals surface area contributed by atoms with Crippen LogP contribution in [-0.2, 0) is 19.6 Å². The first-order valence-electron chi connectivity index (χ1n) is 4.82. The van der Waals surface area contributed by atoms with Gasteiger partial charge in [0.1, 0.15) is 5.69 Å². The quantitative estimate of drug-likeness (QED) is 0.698. The molecule has 0 aliphatic carbocycles. The summed E-state index contributed by atoms with van der Waals surface area (Å²) in [7, 11) is 0. The molecule has 1 aromatic heterocycles. The van der Waals surface area contributed by atoms with Crippen LogP contribution in [0.3, 0.4) is 0 Å². The molecule has 5 heteroatoms. The highest BCUT2D eigenvalue weighted by Gasteiger charge is 2.12. The number of aliphatic hydroxyl groups excluding tert-OH is 2. The third-order valence-electron chi connectivity index (χ3n) is 1.98. The summed E-state index contributed by atoms with van der Waals surface area (Å²) in [5.41, 5.74) is 1.55. The Morgan fingerprint density at radius 1 is 1.36 bits per heavy atom. The zero-order valence-electron chi connectivity index (χ0n) is 8.64. The highest BCUT2D eigenvalue weighted by atomic mass is 16.3. The molecule has 1 rings (SSSR count). The summed E-state index contributed by atoms with van der Waals surface area (Å²) < 4.78 is 1.66. The second kappa shape index (κ2) is 5.07. The minimum absolute atomic E-state index is 0.0410. The lowest BCUT2D eigenvalue weighted by Crippen LogP contribution is -2.11. The summed E-state index contributed by atoms with van der Waals surface area (Å²) in [6.07, 6.45) is 0.822. The van der Waals surface area contributed by atoms with E-state index in [1.54, 1.807) is 4.68 Å². The average Bonchev–Trinajstić information content (AvgIpc) is 2.48. The zero-order valence-corrected chi connectivity index (χ0v) is 8.64. The first-order chi connectivity index (χ1) is 6.69. The third kappa shape index (κ3) is 2.52. The second-order valence-corrected chi connectivity index (χ2v) is 3.69. The van der Waals surface area contributed by atoms with Crippen LogP contribution in [-0.4, -0.2) is 31.8 Å². The van der Waals surface area contributed by atoms with Crippen molar-refractivity contribution in [3.05, 3.63) is 11.4 Å². The molecule has 0 saturated heterocycles. The van der Waals surface area contributed by atoms with E-state index in [2.05, 4.69) is 24.2 Å². The summed E-state index contributed by atoms with van der Waals surface area (Å²) in [5.74, 6) is 0.483. The van der Waals surface area contributed by atoms with Crippen molar-refractivity contribution < 1.29 is 10.2 Å². The average molecular weight is 199 g/mol. The summed E-state index contributed by atoms with van der Waals surface area (Å²) in [4.78, 5) is 0. The lowest BCUT2D eigenvalue weighted by atomic mass is 10.1. The van der Waals surface area contributed by atoms with Gasteiger partial charge in [0, 0.05) is 0 Å². The molecule has 1 heterocycles. The number of nitrogens with zero attached hydrogens (tertiary/aromatic N) is 3. The first kappa shape index (κ1) is 11.1. The van der Waals surface area contributed by atoms with Gasteiger partial charge in [-0.2, -0.15) is 0 Å². The fourth-order valence-corrected chi connectivity index (χ4v) is 1.38. The molecule has 1 aromatic rings. The predicted octanol–water partition coefficient (Wildman–Crippen LogP) is -0.0388. The van der Waals surface area contributed by atoms with Crippen LogP contribution in [0.25, 0.3) is 0 Å². The highest BCUT2D eigenvalue weighted by Crippen LogP contribution is 2.11. The highest BCUT2D eigenvalue weighted by molar-refractivity contribution is 5.09. The Kier molecular flexibility index (Phi) is 4.03. The van der Waals surface area contributed by atoms with Crippen molar-refractivity contribution in [1.29, 1.82) is 0 Å². The number of rotatable bonds is 5. The van der Waals surface area contributed by atoms with Gasteiger partial charge < -0.3 is 10.2 Å². The van der Waals surface area contributed by atoms with Crippen LogP contribution < -0.4 is 0 Å². The maximum Gasteiger partial charge on any atom is 0.111 e. The van der Waals surface area contributed by atoms with Crippen molar-refractivity contribution in [3.63, 3.8) is 0 Å². The van der Waals surface area contributed by atoms with Crippen molar-refractivity contribution in [1.82, 2.24) is 15.0 Å². The Bertz CT molecular complexity index is 284.